The number of guanidine groups is 1. The first-order chi connectivity index (χ1) is 15.5. The van der Waals surface area contributed by atoms with Gasteiger partial charge in [0.05, 0.1) is 12.6 Å². The number of nitrogens with zero attached hydrogens (tertiary/aromatic N) is 1. The molecule has 0 aliphatic carbocycles. The molecule has 0 heterocycles. The standard InChI is InChI=1S/C18H34N8O6S/c1-33-8-6-12(17(31)32)26-16(30)11(4-5-13(20)27)25-14(28)9-24-15(29)10(19)3-2-7-23-18(21)22/h10-12H,2-9,19H2,1H3,(H2,20,27)(H,24,29)(H,25,28)(H,26,30)(H,31,32)(H4,21,22,23). The van der Waals surface area contributed by atoms with Crippen LogP contribution in [-0.2, 0) is 24.0 Å². The van der Waals surface area contributed by atoms with Crippen LogP contribution in [0.15, 0.2) is 4.99 Å². The van der Waals surface area contributed by atoms with Crippen LogP contribution in [-0.4, -0.2) is 83.9 Å². The van der Waals surface area contributed by atoms with Gasteiger partial charge in [-0.15, -0.1) is 0 Å². The number of nitrogens with two attached hydrogens (primary N) is 4. The molecular weight excluding hydrogens is 456 g/mol. The highest BCUT2D eigenvalue weighted by molar-refractivity contribution is 7.98. The molecule has 0 bridgehead atoms. The molecule has 12 N–H and O–H groups in total. The molecule has 0 rings (SSSR count). The van der Waals surface area contributed by atoms with Gasteiger partial charge in [-0.3, -0.25) is 24.2 Å². The molecule has 0 saturated carbocycles. The highest BCUT2D eigenvalue weighted by Crippen LogP contribution is 2.04. The number of primary amides is 1. The van der Waals surface area contributed by atoms with Gasteiger partial charge in [-0.1, -0.05) is 0 Å². The van der Waals surface area contributed by atoms with Crippen molar-refractivity contribution >= 4 is 47.3 Å². The predicted octanol–water partition coefficient (Wildman–Crippen LogP) is -3.44. The van der Waals surface area contributed by atoms with E-state index in [1.54, 1.807) is 6.26 Å². The number of carboxylic acid groups (broad SMARTS) is 1. The maximum atomic E-state index is 12.5. The zero-order valence-electron chi connectivity index (χ0n) is 18.5. The summed E-state index contributed by atoms with van der Waals surface area (Å²) in [5.41, 5.74) is 21.3. The van der Waals surface area contributed by atoms with Gasteiger partial charge in [0, 0.05) is 13.0 Å². The summed E-state index contributed by atoms with van der Waals surface area (Å²) in [5.74, 6) is -3.59. The van der Waals surface area contributed by atoms with Gasteiger partial charge < -0.3 is 44.0 Å². The zero-order chi connectivity index (χ0) is 25.4. The summed E-state index contributed by atoms with van der Waals surface area (Å²) in [4.78, 5) is 63.0. The fraction of sp³-hybridized carbons (Fsp3) is 0.667. The second-order valence-corrected chi connectivity index (χ2v) is 8.06. The van der Waals surface area contributed by atoms with Gasteiger partial charge in [-0.2, -0.15) is 11.8 Å². The third kappa shape index (κ3) is 14.6. The van der Waals surface area contributed by atoms with Crippen molar-refractivity contribution in [2.45, 2.75) is 50.2 Å². The number of carbonyl (C=O) groups is 5. The SMILES string of the molecule is CSCCC(NC(=O)C(CCC(N)=O)NC(=O)CNC(=O)C(N)CCCN=C(N)N)C(=O)O. The number of hydrogen-bond donors (Lipinski definition) is 8. The van der Waals surface area contributed by atoms with Gasteiger partial charge in [0.15, 0.2) is 5.96 Å². The van der Waals surface area contributed by atoms with Crippen molar-refractivity contribution in [2.24, 2.45) is 27.9 Å². The molecule has 188 valence electrons. The number of rotatable bonds is 17. The number of thioether (sulfide) groups is 1. The highest BCUT2D eigenvalue weighted by atomic mass is 32.2. The van der Waals surface area contributed by atoms with E-state index in [9.17, 15) is 29.1 Å². The smallest absolute Gasteiger partial charge is 0.326 e. The molecule has 14 nitrogen and oxygen atoms in total. The Morgan fingerprint density at radius 1 is 0.970 bits per heavy atom. The lowest BCUT2D eigenvalue weighted by molar-refractivity contribution is -0.142. The molecule has 0 aromatic carbocycles. The van der Waals surface area contributed by atoms with Crippen molar-refractivity contribution in [3.05, 3.63) is 0 Å². The number of amides is 4. The highest BCUT2D eigenvalue weighted by Gasteiger charge is 2.27. The van der Waals surface area contributed by atoms with Crippen LogP contribution >= 0.6 is 11.8 Å². The Bertz CT molecular complexity index is 716. The number of aliphatic imine (C=N–C) groups is 1. The van der Waals surface area contributed by atoms with Crippen molar-refractivity contribution in [3.8, 4) is 0 Å². The molecule has 0 aromatic heterocycles. The topological polar surface area (TPSA) is 258 Å². The molecule has 4 amide bonds. The van der Waals surface area contributed by atoms with Crippen molar-refractivity contribution < 1.29 is 29.1 Å². The molecule has 15 heteroatoms. The lowest BCUT2D eigenvalue weighted by atomic mass is 10.1. The Balaban J connectivity index is 4.82. The molecule has 3 atom stereocenters. The molecule has 3 unspecified atom stereocenters. The average molecular weight is 491 g/mol. The first-order valence-electron chi connectivity index (χ1n) is 10.2. The predicted molar refractivity (Wildman–Crippen MR) is 124 cm³/mol. The number of hydrogen-bond acceptors (Lipinski definition) is 8. The Morgan fingerprint density at radius 2 is 1.64 bits per heavy atom. The lowest BCUT2D eigenvalue weighted by Crippen LogP contribution is -2.54. The van der Waals surface area contributed by atoms with E-state index < -0.39 is 54.3 Å². The van der Waals surface area contributed by atoms with E-state index in [0.29, 0.717) is 18.7 Å². The fourth-order valence-electron chi connectivity index (χ4n) is 2.52. The Hall–Kier alpha value is -3.07. The Kier molecular flexibility index (Phi) is 15.0. The number of nitrogens with one attached hydrogen (secondary N) is 3. The second-order valence-electron chi connectivity index (χ2n) is 7.08. The average Bonchev–Trinajstić information content (AvgIpc) is 2.74. The second kappa shape index (κ2) is 16.5. The van der Waals surface area contributed by atoms with Crippen LogP contribution in [0.5, 0.6) is 0 Å². The van der Waals surface area contributed by atoms with Crippen LogP contribution in [0.1, 0.15) is 32.1 Å². The van der Waals surface area contributed by atoms with Gasteiger partial charge in [0.2, 0.25) is 23.6 Å². The monoisotopic (exact) mass is 490 g/mol. The summed E-state index contributed by atoms with van der Waals surface area (Å²) in [6.07, 6.45) is 2.35. The van der Waals surface area contributed by atoms with Crippen LogP contribution < -0.4 is 38.9 Å². The van der Waals surface area contributed by atoms with E-state index in [-0.39, 0.29) is 31.6 Å². The fourth-order valence-corrected chi connectivity index (χ4v) is 2.99. The van der Waals surface area contributed by atoms with E-state index in [4.69, 9.17) is 22.9 Å². The summed E-state index contributed by atoms with van der Waals surface area (Å²) in [5, 5.41) is 16.3. The van der Waals surface area contributed by atoms with E-state index in [1.165, 1.54) is 11.8 Å². The summed E-state index contributed by atoms with van der Waals surface area (Å²) in [6.45, 7) is -0.176. The van der Waals surface area contributed by atoms with Crippen LogP contribution in [0.25, 0.3) is 0 Å². The minimum atomic E-state index is -1.22. The third-order valence-electron chi connectivity index (χ3n) is 4.28. The molecule has 0 aliphatic rings. The van der Waals surface area contributed by atoms with Gasteiger partial charge in [-0.05, 0) is 37.7 Å². The number of aliphatic carboxylic acids is 1. The summed E-state index contributed by atoms with van der Waals surface area (Å²) in [7, 11) is 0. The first-order valence-corrected chi connectivity index (χ1v) is 11.6. The maximum Gasteiger partial charge on any atom is 0.326 e. The molecule has 0 fully saturated rings. The zero-order valence-corrected chi connectivity index (χ0v) is 19.4. The Morgan fingerprint density at radius 3 is 2.18 bits per heavy atom. The molecule has 0 aromatic rings. The van der Waals surface area contributed by atoms with Gasteiger partial charge >= 0.3 is 5.97 Å². The van der Waals surface area contributed by atoms with Gasteiger partial charge in [-0.25, -0.2) is 4.79 Å². The first kappa shape index (κ1) is 29.9. The summed E-state index contributed by atoms with van der Waals surface area (Å²) >= 11 is 1.41. The van der Waals surface area contributed by atoms with Crippen molar-refractivity contribution in [1.82, 2.24) is 16.0 Å². The largest absolute Gasteiger partial charge is 0.480 e. The minimum absolute atomic E-state index is 0.0708. The van der Waals surface area contributed by atoms with E-state index >= 15 is 0 Å². The van der Waals surface area contributed by atoms with Crippen LogP contribution in [0.2, 0.25) is 0 Å². The number of carbonyl (C=O) groups excluding carboxylic acids is 4. The summed E-state index contributed by atoms with van der Waals surface area (Å²) < 4.78 is 0. The minimum Gasteiger partial charge on any atom is -0.480 e. The van der Waals surface area contributed by atoms with E-state index in [1.807, 2.05) is 0 Å². The third-order valence-corrected chi connectivity index (χ3v) is 4.93. The van der Waals surface area contributed by atoms with E-state index in [0.717, 1.165) is 0 Å². The molecular formula is C18H34N8O6S. The van der Waals surface area contributed by atoms with Gasteiger partial charge in [0.25, 0.3) is 0 Å². The summed E-state index contributed by atoms with van der Waals surface area (Å²) in [6, 6.07) is -3.27. The van der Waals surface area contributed by atoms with Crippen LogP contribution in [0.3, 0.4) is 0 Å². The molecule has 33 heavy (non-hydrogen) atoms. The number of carboxylic acids is 1. The van der Waals surface area contributed by atoms with Crippen LogP contribution in [0.4, 0.5) is 0 Å². The quantitative estimate of drug-likeness (QED) is 0.0568. The lowest BCUT2D eigenvalue weighted by Gasteiger charge is -2.21. The molecule has 0 radical (unpaired) electrons. The van der Waals surface area contributed by atoms with Crippen molar-refractivity contribution in [1.29, 1.82) is 0 Å². The normalized spacial score (nSPS) is 13.2. The Labute approximate surface area is 196 Å². The maximum absolute atomic E-state index is 12.5. The molecule has 0 saturated heterocycles. The van der Waals surface area contributed by atoms with Crippen molar-refractivity contribution in [2.75, 3.05) is 25.1 Å². The van der Waals surface area contributed by atoms with Crippen LogP contribution in [0, 0.1) is 0 Å². The van der Waals surface area contributed by atoms with Gasteiger partial charge in [0.1, 0.15) is 12.1 Å². The molecule has 0 spiro atoms. The van der Waals surface area contributed by atoms with E-state index in [2.05, 4.69) is 20.9 Å². The van der Waals surface area contributed by atoms with Crippen molar-refractivity contribution in [3.63, 3.8) is 0 Å². The molecule has 0 aliphatic heterocycles.